The predicted molar refractivity (Wildman–Crippen MR) is 103 cm³/mol. The highest BCUT2D eigenvalue weighted by Gasteiger charge is 2.24. The first kappa shape index (κ1) is 18.6. The number of nitrogens with zero attached hydrogens (tertiary/aromatic N) is 2. The van der Waals surface area contributed by atoms with Crippen molar-refractivity contribution in [3.05, 3.63) is 40.4 Å². The first-order valence-electron chi connectivity index (χ1n) is 9.67. The minimum Gasteiger partial charge on any atom is -0.340 e. The summed E-state index contributed by atoms with van der Waals surface area (Å²) in [6.45, 7) is 4.92. The zero-order chi connectivity index (χ0) is 18.4. The molecule has 1 aromatic heterocycles. The van der Waals surface area contributed by atoms with Crippen molar-refractivity contribution in [3.63, 3.8) is 0 Å². The average molecular weight is 356 g/mol. The monoisotopic (exact) mass is 356 g/mol. The first-order chi connectivity index (χ1) is 12.7. The third-order valence-electron chi connectivity index (χ3n) is 5.00. The van der Waals surface area contributed by atoms with E-state index in [4.69, 9.17) is 0 Å². The fourth-order valence-corrected chi connectivity index (χ4v) is 3.67. The maximum atomic E-state index is 12.7. The van der Waals surface area contributed by atoms with Gasteiger partial charge in [0.05, 0.1) is 10.9 Å². The number of rotatable bonds is 7. The highest BCUT2D eigenvalue weighted by molar-refractivity contribution is 5.77. The Morgan fingerprint density at radius 2 is 2.04 bits per heavy atom. The zero-order valence-electron chi connectivity index (χ0n) is 15.5. The molecule has 6 nitrogen and oxygen atoms in total. The van der Waals surface area contributed by atoms with E-state index >= 15 is 0 Å². The summed E-state index contributed by atoms with van der Waals surface area (Å²) in [7, 11) is 0. The molecule has 0 saturated carbocycles. The van der Waals surface area contributed by atoms with E-state index < -0.39 is 0 Å². The number of hydrogen-bond acceptors (Lipinski definition) is 4. The fraction of sp³-hybridized carbons (Fsp3) is 0.550. The summed E-state index contributed by atoms with van der Waals surface area (Å²) in [6.07, 6.45) is 4.86. The van der Waals surface area contributed by atoms with E-state index in [2.05, 4.69) is 27.1 Å². The second kappa shape index (κ2) is 8.94. The van der Waals surface area contributed by atoms with Gasteiger partial charge >= 0.3 is 0 Å². The minimum absolute atomic E-state index is 0.112. The van der Waals surface area contributed by atoms with Gasteiger partial charge in [-0.2, -0.15) is 0 Å². The number of nitrogens with one attached hydrogen (secondary N) is 2. The van der Waals surface area contributed by atoms with Gasteiger partial charge in [-0.1, -0.05) is 19.1 Å². The van der Waals surface area contributed by atoms with Crippen LogP contribution in [-0.4, -0.2) is 46.5 Å². The fourth-order valence-electron chi connectivity index (χ4n) is 3.67. The van der Waals surface area contributed by atoms with Crippen molar-refractivity contribution < 1.29 is 4.79 Å². The molecule has 0 radical (unpaired) electrons. The maximum absolute atomic E-state index is 12.7. The Labute approximate surface area is 154 Å². The highest BCUT2D eigenvalue weighted by atomic mass is 16.2. The molecule has 0 atom stereocenters. The van der Waals surface area contributed by atoms with Crippen molar-refractivity contribution in [1.29, 1.82) is 0 Å². The quantitative estimate of drug-likeness (QED) is 0.797. The summed E-state index contributed by atoms with van der Waals surface area (Å²) in [6, 6.07) is 7.70. The molecule has 1 aliphatic heterocycles. The van der Waals surface area contributed by atoms with Crippen molar-refractivity contribution >= 4 is 16.8 Å². The van der Waals surface area contributed by atoms with Crippen LogP contribution >= 0.6 is 0 Å². The van der Waals surface area contributed by atoms with Crippen LogP contribution in [0.2, 0.25) is 0 Å². The van der Waals surface area contributed by atoms with Gasteiger partial charge < -0.3 is 15.2 Å². The van der Waals surface area contributed by atoms with Gasteiger partial charge in [0.25, 0.3) is 5.56 Å². The van der Waals surface area contributed by atoms with E-state index in [1.165, 1.54) is 0 Å². The van der Waals surface area contributed by atoms with Crippen LogP contribution in [0.3, 0.4) is 0 Å². The van der Waals surface area contributed by atoms with Gasteiger partial charge in [0.15, 0.2) is 0 Å². The number of hydrogen-bond donors (Lipinski definition) is 2. The number of carbonyl (C=O) groups excluding carboxylic acids is 1. The lowest BCUT2D eigenvalue weighted by Crippen LogP contribution is -2.46. The number of benzene rings is 1. The number of piperidine rings is 1. The number of H-pyrrole nitrogens is 1. The van der Waals surface area contributed by atoms with Gasteiger partial charge in [0.2, 0.25) is 5.91 Å². The molecule has 1 saturated heterocycles. The van der Waals surface area contributed by atoms with Crippen molar-refractivity contribution in [1.82, 2.24) is 20.2 Å². The Morgan fingerprint density at radius 1 is 1.27 bits per heavy atom. The third-order valence-corrected chi connectivity index (χ3v) is 5.00. The molecular formula is C20H28N4O2. The smallest absolute Gasteiger partial charge is 0.258 e. The number of amides is 1. The van der Waals surface area contributed by atoms with Gasteiger partial charge in [-0.05, 0) is 50.9 Å². The van der Waals surface area contributed by atoms with Crippen LogP contribution in [0.5, 0.6) is 0 Å². The van der Waals surface area contributed by atoms with Crippen LogP contribution in [0.15, 0.2) is 29.1 Å². The number of aromatic amines is 1. The molecular weight excluding hydrogens is 328 g/mol. The molecule has 1 fully saturated rings. The highest BCUT2D eigenvalue weighted by Crippen LogP contribution is 2.15. The molecule has 6 heteroatoms. The van der Waals surface area contributed by atoms with Crippen molar-refractivity contribution in [3.8, 4) is 0 Å². The lowest BCUT2D eigenvalue weighted by atomic mass is 10.0. The SMILES string of the molecule is CCCN(C(=O)CCCc1nc2ccccc2c(=O)[nH]1)C1CCNCC1. The Balaban J connectivity index is 1.59. The lowest BCUT2D eigenvalue weighted by molar-refractivity contribution is -0.134. The molecule has 2 N–H and O–H groups in total. The molecule has 140 valence electrons. The largest absolute Gasteiger partial charge is 0.340 e. The van der Waals surface area contributed by atoms with Gasteiger partial charge in [-0.25, -0.2) is 4.98 Å². The minimum atomic E-state index is -0.112. The standard InChI is InChI=1S/C20H28N4O2/c1-2-14-24(15-10-12-21-13-11-15)19(25)9-5-8-18-22-17-7-4-3-6-16(17)20(26)23-18/h3-4,6-7,15,21H,2,5,8-14H2,1H3,(H,22,23,26). The van der Waals surface area contributed by atoms with Gasteiger partial charge in [0.1, 0.15) is 5.82 Å². The van der Waals surface area contributed by atoms with Gasteiger partial charge in [-0.3, -0.25) is 9.59 Å². The van der Waals surface area contributed by atoms with Crippen LogP contribution in [-0.2, 0) is 11.2 Å². The molecule has 26 heavy (non-hydrogen) atoms. The van der Waals surface area contributed by atoms with Crippen LogP contribution < -0.4 is 10.9 Å². The second-order valence-electron chi connectivity index (χ2n) is 6.95. The van der Waals surface area contributed by atoms with E-state index in [-0.39, 0.29) is 11.5 Å². The molecule has 3 rings (SSSR count). The number of aromatic nitrogens is 2. The molecule has 0 bridgehead atoms. The van der Waals surface area contributed by atoms with Crippen molar-refractivity contribution in [2.24, 2.45) is 0 Å². The molecule has 1 aliphatic rings. The number of para-hydroxylation sites is 1. The van der Waals surface area contributed by atoms with E-state index in [0.717, 1.165) is 38.9 Å². The summed E-state index contributed by atoms with van der Waals surface area (Å²) in [5.74, 6) is 0.882. The summed E-state index contributed by atoms with van der Waals surface area (Å²) >= 11 is 0. The van der Waals surface area contributed by atoms with E-state index in [1.54, 1.807) is 6.07 Å². The van der Waals surface area contributed by atoms with Crippen molar-refractivity contribution in [2.45, 2.75) is 51.5 Å². The van der Waals surface area contributed by atoms with Gasteiger partial charge in [-0.15, -0.1) is 0 Å². The predicted octanol–water partition coefficient (Wildman–Crippen LogP) is 2.24. The molecule has 1 aromatic carbocycles. The van der Waals surface area contributed by atoms with Crippen LogP contribution in [0.1, 0.15) is 44.9 Å². The van der Waals surface area contributed by atoms with Crippen molar-refractivity contribution in [2.75, 3.05) is 19.6 Å². The lowest BCUT2D eigenvalue weighted by Gasteiger charge is -2.34. The molecule has 1 amide bonds. The summed E-state index contributed by atoms with van der Waals surface area (Å²) in [4.78, 5) is 34.3. The Morgan fingerprint density at radius 3 is 2.81 bits per heavy atom. The van der Waals surface area contributed by atoms with E-state index in [1.807, 2.05) is 18.2 Å². The molecule has 0 aliphatic carbocycles. The topological polar surface area (TPSA) is 78.1 Å². The maximum Gasteiger partial charge on any atom is 0.258 e. The number of fused-ring (bicyclic) bond motifs is 1. The Hall–Kier alpha value is -2.21. The number of carbonyl (C=O) groups is 1. The van der Waals surface area contributed by atoms with Crippen LogP contribution in [0.4, 0.5) is 0 Å². The van der Waals surface area contributed by atoms with Gasteiger partial charge in [0, 0.05) is 25.4 Å². The molecule has 0 unspecified atom stereocenters. The Bertz CT molecular complexity index is 796. The Kier molecular flexibility index (Phi) is 6.39. The average Bonchev–Trinajstić information content (AvgIpc) is 2.67. The second-order valence-corrected chi connectivity index (χ2v) is 6.95. The molecule has 2 heterocycles. The summed E-state index contributed by atoms with van der Waals surface area (Å²) < 4.78 is 0. The third kappa shape index (κ3) is 4.49. The summed E-state index contributed by atoms with van der Waals surface area (Å²) in [5, 5.41) is 3.96. The summed E-state index contributed by atoms with van der Waals surface area (Å²) in [5.41, 5.74) is 0.596. The first-order valence-corrected chi connectivity index (χ1v) is 9.67. The molecule has 0 spiro atoms. The van der Waals surface area contributed by atoms with Crippen LogP contribution in [0.25, 0.3) is 10.9 Å². The molecule has 2 aromatic rings. The van der Waals surface area contributed by atoms with Crippen LogP contribution in [0, 0.1) is 0 Å². The zero-order valence-corrected chi connectivity index (χ0v) is 15.5. The van der Waals surface area contributed by atoms with E-state index in [9.17, 15) is 9.59 Å². The van der Waals surface area contributed by atoms with E-state index in [0.29, 0.717) is 42.0 Å². The normalized spacial score (nSPS) is 15.3. The number of aryl methyl sites for hydroxylation is 1.